The van der Waals surface area contributed by atoms with Crippen LogP contribution in [0.2, 0.25) is 0 Å². The molecule has 0 rings (SSSR count). The van der Waals surface area contributed by atoms with Gasteiger partial charge in [-0.05, 0) is 33.0 Å². The highest BCUT2D eigenvalue weighted by atomic mass is 15.1. The standard InChI is InChI=1S/C11H26N2/c1-6-8-12-11(9-13(4)5)10(3)7-2/h10-12H,6-9H2,1-5H3. The van der Waals surface area contributed by atoms with Crippen LogP contribution in [-0.4, -0.2) is 38.1 Å². The van der Waals surface area contributed by atoms with Crippen molar-refractivity contribution in [2.45, 2.75) is 39.7 Å². The minimum absolute atomic E-state index is 0.653. The Hall–Kier alpha value is -0.0800. The van der Waals surface area contributed by atoms with Crippen LogP contribution < -0.4 is 5.32 Å². The summed E-state index contributed by atoms with van der Waals surface area (Å²) in [5.41, 5.74) is 0. The number of hydrogen-bond donors (Lipinski definition) is 1. The molecule has 2 nitrogen and oxygen atoms in total. The summed E-state index contributed by atoms with van der Waals surface area (Å²) in [4.78, 5) is 2.26. The van der Waals surface area contributed by atoms with E-state index in [2.05, 4.69) is 45.1 Å². The fraction of sp³-hybridized carbons (Fsp3) is 1.00. The summed E-state index contributed by atoms with van der Waals surface area (Å²) in [7, 11) is 4.28. The molecule has 0 radical (unpaired) electrons. The molecule has 0 aliphatic carbocycles. The Morgan fingerprint density at radius 1 is 1.23 bits per heavy atom. The lowest BCUT2D eigenvalue weighted by Crippen LogP contribution is -2.42. The van der Waals surface area contributed by atoms with Crippen molar-refractivity contribution in [2.75, 3.05) is 27.2 Å². The summed E-state index contributed by atoms with van der Waals surface area (Å²) in [6.45, 7) is 9.10. The zero-order valence-electron chi connectivity index (χ0n) is 9.93. The van der Waals surface area contributed by atoms with Gasteiger partial charge in [-0.25, -0.2) is 0 Å². The predicted octanol–water partition coefficient (Wildman–Crippen LogP) is 1.96. The van der Waals surface area contributed by atoms with Gasteiger partial charge in [-0.3, -0.25) is 0 Å². The van der Waals surface area contributed by atoms with Crippen LogP contribution in [0.5, 0.6) is 0 Å². The first-order valence-electron chi connectivity index (χ1n) is 5.49. The van der Waals surface area contributed by atoms with Crippen LogP contribution in [0, 0.1) is 5.92 Å². The largest absolute Gasteiger partial charge is 0.312 e. The fourth-order valence-electron chi connectivity index (χ4n) is 1.45. The SMILES string of the molecule is CCCNC(CN(C)C)C(C)CC. The van der Waals surface area contributed by atoms with E-state index < -0.39 is 0 Å². The number of rotatable bonds is 7. The van der Waals surface area contributed by atoms with Crippen molar-refractivity contribution in [3.8, 4) is 0 Å². The van der Waals surface area contributed by atoms with Crippen LogP contribution in [0.15, 0.2) is 0 Å². The second kappa shape index (κ2) is 7.34. The van der Waals surface area contributed by atoms with Crippen molar-refractivity contribution in [3.05, 3.63) is 0 Å². The van der Waals surface area contributed by atoms with E-state index in [9.17, 15) is 0 Å². The van der Waals surface area contributed by atoms with Gasteiger partial charge in [-0.2, -0.15) is 0 Å². The van der Waals surface area contributed by atoms with Gasteiger partial charge in [0.05, 0.1) is 0 Å². The molecule has 0 fully saturated rings. The molecule has 0 aromatic carbocycles. The summed E-state index contributed by atoms with van der Waals surface area (Å²) in [6.07, 6.45) is 2.48. The second-order valence-corrected chi connectivity index (χ2v) is 4.21. The summed E-state index contributed by atoms with van der Waals surface area (Å²) in [5, 5.41) is 3.61. The van der Waals surface area contributed by atoms with Gasteiger partial charge in [0.1, 0.15) is 0 Å². The third-order valence-electron chi connectivity index (χ3n) is 2.55. The molecule has 0 aliphatic rings. The van der Waals surface area contributed by atoms with Crippen LogP contribution in [0.1, 0.15) is 33.6 Å². The van der Waals surface area contributed by atoms with E-state index in [1.807, 2.05) is 0 Å². The molecule has 2 unspecified atom stereocenters. The van der Waals surface area contributed by atoms with Crippen LogP contribution in [0.3, 0.4) is 0 Å². The molecule has 0 saturated heterocycles. The molecule has 0 amide bonds. The molecule has 80 valence electrons. The van der Waals surface area contributed by atoms with Gasteiger partial charge in [-0.15, -0.1) is 0 Å². The van der Waals surface area contributed by atoms with Gasteiger partial charge in [0.2, 0.25) is 0 Å². The monoisotopic (exact) mass is 186 g/mol. The summed E-state index contributed by atoms with van der Waals surface area (Å²) in [5.74, 6) is 0.772. The molecule has 0 aliphatic heterocycles. The Morgan fingerprint density at radius 3 is 2.23 bits per heavy atom. The average molecular weight is 186 g/mol. The molecule has 0 saturated carbocycles. The minimum Gasteiger partial charge on any atom is -0.312 e. The minimum atomic E-state index is 0.653. The maximum Gasteiger partial charge on any atom is 0.0220 e. The molecule has 0 aromatic rings. The molecular formula is C11H26N2. The van der Waals surface area contributed by atoms with Gasteiger partial charge >= 0.3 is 0 Å². The van der Waals surface area contributed by atoms with E-state index in [-0.39, 0.29) is 0 Å². The van der Waals surface area contributed by atoms with E-state index in [4.69, 9.17) is 0 Å². The lowest BCUT2D eigenvalue weighted by Gasteiger charge is -2.27. The molecule has 0 aromatic heterocycles. The van der Waals surface area contributed by atoms with Crippen molar-refractivity contribution in [1.82, 2.24) is 10.2 Å². The molecule has 0 heterocycles. The van der Waals surface area contributed by atoms with Crippen molar-refractivity contribution in [3.63, 3.8) is 0 Å². The Labute approximate surface area is 83.7 Å². The van der Waals surface area contributed by atoms with Crippen molar-refractivity contribution in [1.29, 1.82) is 0 Å². The normalized spacial score (nSPS) is 16.2. The van der Waals surface area contributed by atoms with Crippen LogP contribution >= 0.6 is 0 Å². The van der Waals surface area contributed by atoms with Crippen LogP contribution in [0.25, 0.3) is 0 Å². The second-order valence-electron chi connectivity index (χ2n) is 4.21. The Bertz CT molecular complexity index is 113. The summed E-state index contributed by atoms with van der Waals surface area (Å²) in [6, 6.07) is 0.653. The molecule has 13 heavy (non-hydrogen) atoms. The molecule has 0 bridgehead atoms. The Balaban J connectivity index is 3.87. The smallest absolute Gasteiger partial charge is 0.0220 e. The first-order chi connectivity index (χ1) is 6.11. The van der Waals surface area contributed by atoms with E-state index in [0.717, 1.165) is 19.0 Å². The highest BCUT2D eigenvalue weighted by Crippen LogP contribution is 2.08. The van der Waals surface area contributed by atoms with Crippen molar-refractivity contribution >= 4 is 0 Å². The van der Waals surface area contributed by atoms with E-state index >= 15 is 0 Å². The third kappa shape index (κ3) is 6.05. The number of likely N-dealkylation sites (N-methyl/N-ethyl adjacent to an activating group) is 1. The van der Waals surface area contributed by atoms with Crippen LogP contribution in [-0.2, 0) is 0 Å². The lowest BCUT2D eigenvalue weighted by molar-refractivity contribution is 0.275. The van der Waals surface area contributed by atoms with E-state index in [1.165, 1.54) is 12.8 Å². The number of nitrogens with zero attached hydrogens (tertiary/aromatic N) is 1. The summed E-state index contributed by atoms with van der Waals surface area (Å²) < 4.78 is 0. The van der Waals surface area contributed by atoms with Gasteiger partial charge in [0.25, 0.3) is 0 Å². The average Bonchev–Trinajstić information content (AvgIpc) is 2.10. The van der Waals surface area contributed by atoms with Gasteiger partial charge in [-0.1, -0.05) is 27.2 Å². The van der Waals surface area contributed by atoms with Crippen molar-refractivity contribution in [2.24, 2.45) is 5.92 Å². The quantitative estimate of drug-likeness (QED) is 0.654. The third-order valence-corrected chi connectivity index (χ3v) is 2.55. The van der Waals surface area contributed by atoms with E-state index in [1.54, 1.807) is 0 Å². The molecule has 2 atom stereocenters. The number of hydrogen-bond acceptors (Lipinski definition) is 2. The van der Waals surface area contributed by atoms with Gasteiger partial charge in [0.15, 0.2) is 0 Å². The topological polar surface area (TPSA) is 15.3 Å². The van der Waals surface area contributed by atoms with E-state index in [0.29, 0.717) is 6.04 Å². The molecule has 0 spiro atoms. The van der Waals surface area contributed by atoms with Crippen LogP contribution in [0.4, 0.5) is 0 Å². The van der Waals surface area contributed by atoms with Crippen molar-refractivity contribution < 1.29 is 0 Å². The molecular weight excluding hydrogens is 160 g/mol. The summed E-state index contributed by atoms with van der Waals surface area (Å²) >= 11 is 0. The Morgan fingerprint density at radius 2 is 1.85 bits per heavy atom. The first-order valence-corrected chi connectivity index (χ1v) is 5.49. The maximum atomic E-state index is 3.61. The van der Waals surface area contributed by atoms with Gasteiger partial charge < -0.3 is 10.2 Å². The first kappa shape index (κ1) is 12.9. The molecule has 2 heteroatoms. The zero-order valence-corrected chi connectivity index (χ0v) is 9.93. The highest BCUT2D eigenvalue weighted by Gasteiger charge is 2.14. The zero-order chi connectivity index (χ0) is 10.3. The lowest BCUT2D eigenvalue weighted by atomic mass is 9.99. The van der Waals surface area contributed by atoms with Gasteiger partial charge in [0, 0.05) is 12.6 Å². The molecule has 1 N–H and O–H groups in total. The number of nitrogens with one attached hydrogen (secondary N) is 1. The maximum absolute atomic E-state index is 3.61. The highest BCUT2D eigenvalue weighted by molar-refractivity contribution is 4.74. The fourth-order valence-corrected chi connectivity index (χ4v) is 1.45. The predicted molar refractivity (Wildman–Crippen MR) is 60.1 cm³/mol. The Kier molecular flexibility index (Phi) is 7.29.